The number of hydrogen-bond acceptors (Lipinski definition) is 3. The normalized spacial score (nSPS) is 11.8. The topological polar surface area (TPSA) is 43.2 Å². The van der Waals surface area contributed by atoms with Crippen LogP contribution in [0.15, 0.2) is 22.4 Å². The molecule has 0 fully saturated rings. The molecule has 68 valence electrons. The van der Waals surface area contributed by atoms with Gasteiger partial charge in [-0.25, -0.2) is 4.99 Å². The van der Waals surface area contributed by atoms with E-state index >= 15 is 0 Å². The van der Waals surface area contributed by atoms with Crippen LogP contribution in [0.3, 0.4) is 0 Å². The number of hydrogen-bond donors (Lipinski definition) is 0. The van der Waals surface area contributed by atoms with Crippen LogP contribution < -0.4 is 0 Å². The van der Waals surface area contributed by atoms with E-state index < -0.39 is 0 Å². The molecule has 0 bridgehead atoms. The Morgan fingerprint density at radius 1 is 1.42 bits per heavy atom. The Hall–Kier alpha value is -1.32. The molecule has 0 unspecified atom stereocenters. The van der Waals surface area contributed by atoms with Gasteiger partial charge in [0.15, 0.2) is 0 Å². The van der Waals surface area contributed by atoms with Gasteiger partial charge in [0.05, 0.1) is 14.2 Å². The van der Waals surface area contributed by atoms with E-state index in [2.05, 4.69) is 16.6 Å². The minimum absolute atomic E-state index is 0.253. The second-order valence-electron chi connectivity index (χ2n) is 1.92. The molecular weight excluding hydrogens is 156 g/mol. The predicted octanol–water partition coefficient (Wildman–Crippen LogP) is 1.59. The van der Waals surface area contributed by atoms with Gasteiger partial charge in [-0.3, -0.25) is 0 Å². The van der Waals surface area contributed by atoms with Gasteiger partial charge in [-0.2, -0.15) is 4.99 Å². The third-order valence-corrected chi connectivity index (χ3v) is 1.02. The van der Waals surface area contributed by atoms with Crippen LogP contribution in [0.2, 0.25) is 0 Å². The van der Waals surface area contributed by atoms with Crippen molar-refractivity contribution in [1.82, 2.24) is 0 Å². The first-order chi connectivity index (χ1) is 5.74. The molecule has 0 aromatic carbocycles. The van der Waals surface area contributed by atoms with Gasteiger partial charge in [0.2, 0.25) is 5.88 Å². The van der Waals surface area contributed by atoms with Crippen LogP contribution in [0.4, 0.5) is 0 Å². The summed E-state index contributed by atoms with van der Waals surface area (Å²) in [6.07, 6.45) is 2.53. The summed E-state index contributed by atoms with van der Waals surface area (Å²) >= 11 is 0. The van der Waals surface area contributed by atoms with E-state index in [4.69, 9.17) is 9.47 Å². The van der Waals surface area contributed by atoms with E-state index in [0.717, 1.165) is 6.42 Å². The van der Waals surface area contributed by atoms with Crippen LogP contribution in [0, 0.1) is 0 Å². The van der Waals surface area contributed by atoms with E-state index in [-0.39, 0.29) is 11.9 Å². The molecule has 0 aliphatic rings. The maximum Gasteiger partial charge on any atom is 0.319 e. The van der Waals surface area contributed by atoms with E-state index in [1.54, 1.807) is 6.21 Å². The summed E-state index contributed by atoms with van der Waals surface area (Å²) in [7, 11) is 2.98. The van der Waals surface area contributed by atoms with Crippen LogP contribution in [-0.2, 0) is 9.47 Å². The highest BCUT2D eigenvalue weighted by Crippen LogP contribution is 1.95. The Balaban J connectivity index is 4.22. The van der Waals surface area contributed by atoms with E-state index in [9.17, 15) is 0 Å². The summed E-state index contributed by atoms with van der Waals surface area (Å²) < 4.78 is 9.56. The van der Waals surface area contributed by atoms with Gasteiger partial charge < -0.3 is 9.47 Å². The Bertz CT molecular complexity index is 197. The van der Waals surface area contributed by atoms with E-state index in [1.165, 1.54) is 14.2 Å². The van der Waals surface area contributed by atoms with Crippen LogP contribution in [0.5, 0.6) is 0 Å². The number of aliphatic imine (C=N–C) groups is 2. The van der Waals surface area contributed by atoms with Crippen molar-refractivity contribution in [2.24, 2.45) is 9.98 Å². The smallest absolute Gasteiger partial charge is 0.319 e. The maximum atomic E-state index is 4.84. The fourth-order valence-electron chi connectivity index (χ4n) is 0.449. The first-order valence-electron chi connectivity index (χ1n) is 3.62. The van der Waals surface area contributed by atoms with Crippen LogP contribution in [0.25, 0.3) is 0 Å². The lowest BCUT2D eigenvalue weighted by molar-refractivity contribution is 0.286. The van der Waals surface area contributed by atoms with Crippen molar-refractivity contribution in [3.8, 4) is 0 Å². The first kappa shape index (κ1) is 10.7. The van der Waals surface area contributed by atoms with Crippen molar-refractivity contribution in [3.05, 3.63) is 12.5 Å². The van der Waals surface area contributed by atoms with Crippen molar-refractivity contribution in [3.63, 3.8) is 0 Å². The first-order valence-corrected chi connectivity index (χ1v) is 3.62. The van der Waals surface area contributed by atoms with Gasteiger partial charge in [0.25, 0.3) is 0 Å². The van der Waals surface area contributed by atoms with Gasteiger partial charge in [-0.15, -0.1) is 0 Å². The Labute approximate surface area is 72.6 Å². The number of nitrogens with zero attached hydrogens (tertiary/aromatic N) is 2. The zero-order chi connectivity index (χ0) is 9.40. The summed E-state index contributed by atoms with van der Waals surface area (Å²) in [5.74, 6) is 0.278. The molecule has 0 aliphatic heterocycles. The van der Waals surface area contributed by atoms with Crippen molar-refractivity contribution in [2.75, 3.05) is 14.2 Å². The lowest BCUT2D eigenvalue weighted by atomic mass is 10.5. The third-order valence-electron chi connectivity index (χ3n) is 1.02. The highest BCUT2D eigenvalue weighted by Gasteiger charge is 1.94. The molecule has 0 spiro atoms. The molecule has 0 N–H and O–H groups in total. The lowest BCUT2D eigenvalue weighted by Gasteiger charge is -1.99. The molecule has 0 heterocycles. The Kier molecular flexibility index (Phi) is 5.69. The van der Waals surface area contributed by atoms with Crippen LogP contribution >= 0.6 is 0 Å². The van der Waals surface area contributed by atoms with Crippen molar-refractivity contribution in [2.45, 2.75) is 13.3 Å². The molecule has 0 aliphatic carbocycles. The monoisotopic (exact) mass is 170 g/mol. The van der Waals surface area contributed by atoms with Crippen LogP contribution in [-0.4, -0.2) is 26.5 Å². The molecule has 0 rings (SSSR count). The third kappa shape index (κ3) is 4.49. The van der Waals surface area contributed by atoms with Gasteiger partial charge in [0.1, 0.15) is 0 Å². The molecule has 0 saturated carbocycles. The van der Waals surface area contributed by atoms with E-state index in [0.29, 0.717) is 0 Å². The van der Waals surface area contributed by atoms with Gasteiger partial charge in [-0.1, -0.05) is 6.92 Å². The fourth-order valence-corrected chi connectivity index (χ4v) is 0.449. The molecule has 4 nitrogen and oxygen atoms in total. The van der Waals surface area contributed by atoms with Gasteiger partial charge in [-0.05, 0) is 13.0 Å². The number of rotatable bonds is 3. The van der Waals surface area contributed by atoms with Crippen LogP contribution in [0.1, 0.15) is 13.3 Å². The summed E-state index contributed by atoms with van der Waals surface area (Å²) in [4.78, 5) is 7.74. The molecule has 12 heavy (non-hydrogen) atoms. The minimum Gasteiger partial charge on any atom is -0.481 e. The van der Waals surface area contributed by atoms with Crippen molar-refractivity contribution in [1.29, 1.82) is 0 Å². The highest BCUT2D eigenvalue weighted by atomic mass is 16.5. The zero-order valence-corrected chi connectivity index (χ0v) is 7.70. The second-order valence-corrected chi connectivity index (χ2v) is 1.92. The maximum absolute atomic E-state index is 4.84. The minimum atomic E-state index is 0.253. The van der Waals surface area contributed by atoms with Crippen molar-refractivity contribution >= 4 is 12.2 Å². The largest absolute Gasteiger partial charge is 0.481 e. The Morgan fingerprint density at radius 2 is 2.08 bits per heavy atom. The molecule has 0 aromatic rings. The van der Waals surface area contributed by atoms with E-state index in [1.807, 2.05) is 6.92 Å². The number of methoxy groups -OCH3 is 2. The molecule has 0 saturated heterocycles. The highest BCUT2D eigenvalue weighted by molar-refractivity contribution is 5.83. The number of ether oxygens (including phenoxy) is 2. The second kappa shape index (κ2) is 6.39. The molecule has 4 heteroatoms. The van der Waals surface area contributed by atoms with Gasteiger partial charge >= 0.3 is 6.02 Å². The summed E-state index contributed by atoms with van der Waals surface area (Å²) in [6, 6.07) is 0.253. The molecule has 0 aromatic heterocycles. The molecule has 0 atom stereocenters. The average Bonchev–Trinajstić information content (AvgIpc) is 2.11. The van der Waals surface area contributed by atoms with Gasteiger partial charge in [0, 0.05) is 6.21 Å². The molecular formula is C8H14N2O2. The Morgan fingerprint density at radius 3 is 2.50 bits per heavy atom. The predicted molar refractivity (Wildman–Crippen MR) is 49.4 cm³/mol. The summed E-state index contributed by atoms with van der Waals surface area (Å²) in [5, 5.41) is 0. The number of amidine groups is 1. The summed E-state index contributed by atoms with van der Waals surface area (Å²) in [5.41, 5.74) is 0. The molecule has 0 amide bonds. The quantitative estimate of drug-likeness (QED) is 0.366. The summed E-state index contributed by atoms with van der Waals surface area (Å²) in [6.45, 7) is 5.48. The zero-order valence-electron chi connectivity index (χ0n) is 7.70. The average molecular weight is 170 g/mol. The van der Waals surface area contributed by atoms with Crippen molar-refractivity contribution < 1.29 is 9.47 Å². The SMILES string of the molecule is C=C(N=C(N=CCC)OC)OC. The molecule has 0 radical (unpaired) electrons. The fraction of sp³-hybridized carbons (Fsp3) is 0.500. The standard InChI is InChI=1S/C8H14N2O2/c1-5-6-9-8(12-4)10-7(2)11-3/h6H,2,5H2,1,3-4H3. The lowest BCUT2D eigenvalue weighted by Crippen LogP contribution is -1.98.